The Labute approximate surface area is 180 Å². The van der Waals surface area contributed by atoms with Gasteiger partial charge in [0.05, 0.1) is 23.8 Å². The molecule has 30 heavy (non-hydrogen) atoms. The van der Waals surface area contributed by atoms with Gasteiger partial charge in [0.1, 0.15) is 22.3 Å². The summed E-state index contributed by atoms with van der Waals surface area (Å²) in [5, 5.41) is 9.20. The lowest BCUT2D eigenvalue weighted by atomic mass is 10.2. The van der Waals surface area contributed by atoms with E-state index in [1.165, 1.54) is 23.5 Å². The molecule has 0 unspecified atom stereocenters. The number of aromatic nitrogens is 2. The number of amidine groups is 1. The smallest absolute Gasteiger partial charge is 0.226 e. The van der Waals surface area contributed by atoms with Crippen molar-refractivity contribution in [3.63, 3.8) is 0 Å². The Morgan fingerprint density at radius 1 is 1.43 bits per heavy atom. The van der Waals surface area contributed by atoms with Crippen LogP contribution < -0.4 is 16.4 Å². The maximum atomic E-state index is 13.2. The third kappa shape index (κ3) is 6.41. The molecule has 0 aromatic carbocycles. The van der Waals surface area contributed by atoms with E-state index in [-0.39, 0.29) is 6.04 Å². The molecule has 0 aliphatic carbocycles. The fraction of sp³-hybridized carbons (Fsp3) is 0.286. The van der Waals surface area contributed by atoms with Gasteiger partial charge in [-0.05, 0) is 50.4 Å². The number of thiophene rings is 1. The van der Waals surface area contributed by atoms with Gasteiger partial charge in [-0.1, -0.05) is 6.58 Å². The monoisotopic (exact) mass is 430 g/mol. The molecule has 0 aliphatic rings. The molecule has 0 saturated carbocycles. The molecule has 0 amide bonds. The van der Waals surface area contributed by atoms with Crippen LogP contribution in [0.4, 0.5) is 16.2 Å². The van der Waals surface area contributed by atoms with Crippen LogP contribution in [0, 0.1) is 0 Å². The Bertz CT molecular complexity index is 1010. The highest BCUT2D eigenvalue weighted by molar-refractivity contribution is 7.16. The number of hydrogen-bond acceptors (Lipinski definition) is 7. The highest BCUT2D eigenvalue weighted by Gasteiger charge is 2.13. The topological polar surface area (TPSA) is 97.5 Å². The number of nitrogens with two attached hydrogens (primary N) is 1. The zero-order chi connectivity index (χ0) is 22.1. The van der Waals surface area contributed by atoms with Gasteiger partial charge in [0.25, 0.3) is 0 Å². The van der Waals surface area contributed by atoms with Gasteiger partial charge < -0.3 is 21.1 Å². The molecule has 2 rings (SSSR count). The van der Waals surface area contributed by atoms with Crippen molar-refractivity contribution in [3.8, 4) is 0 Å². The zero-order valence-corrected chi connectivity index (χ0v) is 18.4. The summed E-state index contributed by atoms with van der Waals surface area (Å²) in [6.07, 6.45) is 5.66. The summed E-state index contributed by atoms with van der Waals surface area (Å²) in [6.45, 7) is 9.58. The maximum absolute atomic E-state index is 13.2. The van der Waals surface area contributed by atoms with Crippen molar-refractivity contribution in [1.82, 2.24) is 9.97 Å². The molecule has 0 saturated heterocycles. The van der Waals surface area contributed by atoms with Crippen molar-refractivity contribution in [2.45, 2.75) is 26.8 Å². The Balaban J connectivity index is 2.29. The summed E-state index contributed by atoms with van der Waals surface area (Å²) in [5.41, 5.74) is 6.46. The molecule has 4 N–H and O–H groups in total. The van der Waals surface area contributed by atoms with E-state index in [2.05, 4.69) is 32.2 Å². The van der Waals surface area contributed by atoms with Gasteiger partial charge in [0, 0.05) is 18.8 Å². The molecule has 7 nitrogen and oxygen atoms in total. The molecule has 2 aromatic heterocycles. The summed E-state index contributed by atoms with van der Waals surface area (Å²) >= 11 is 1.50. The summed E-state index contributed by atoms with van der Waals surface area (Å²) in [7, 11) is 1.69. The molecule has 2 heterocycles. The predicted molar refractivity (Wildman–Crippen MR) is 125 cm³/mol. The lowest BCUT2D eigenvalue weighted by Crippen LogP contribution is -2.24. The van der Waals surface area contributed by atoms with Crippen LogP contribution in [-0.2, 0) is 4.74 Å². The number of rotatable bonds is 9. The van der Waals surface area contributed by atoms with Crippen LogP contribution in [-0.4, -0.2) is 35.5 Å². The third-order valence-corrected chi connectivity index (χ3v) is 4.81. The second-order valence-electron chi connectivity index (χ2n) is 6.25. The first kappa shape index (κ1) is 23.1. The lowest BCUT2D eigenvalue weighted by molar-refractivity contribution is 0.232. The number of aliphatic imine (C=N–C) groups is 1. The molecular weight excluding hydrogens is 403 g/mol. The number of allylic oxidation sites excluding steroid dienone is 5. The molecule has 0 spiro atoms. The van der Waals surface area contributed by atoms with E-state index in [9.17, 15) is 4.39 Å². The number of nitrogens with one attached hydrogen (secondary N) is 2. The number of nitrogens with zero attached hydrogens (tertiary/aromatic N) is 3. The van der Waals surface area contributed by atoms with Crippen LogP contribution in [0.5, 0.6) is 0 Å². The first-order valence-electron chi connectivity index (χ1n) is 9.39. The fourth-order valence-corrected chi connectivity index (χ4v) is 3.18. The van der Waals surface area contributed by atoms with E-state index >= 15 is 0 Å². The van der Waals surface area contributed by atoms with E-state index in [0.717, 1.165) is 22.1 Å². The largest absolute Gasteiger partial charge is 0.498 e. The Hall–Kier alpha value is -3.20. The first-order chi connectivity index (χ1) is 14.4. The standard InChI is InChI=1S/C21H27FN6OS/c1-6-15(22)8-9-17(23)14(4)25-21-27-19(16-10-11-30-20(16)28-21)26-18(24-5)12-13(3)29-7-2/h6,8-12,14H,1,7,23H2,2-5H3,(H2,24,25,26,27,28)/b13-12+,15-8+,17-9-/t14-/m0/s1. The molecule has 0 fully saturated rings. The van der Waals surface area contributed by atoms with Crippen molar-refractivity contribution in [2.24, 2.45) is 10.7 Å². The zero-order valence-electron chi connectivity index (χ0n) is 17.6. The molecule has 9 heteroatoms. The van der Waals surface area contributed by atoms with Crippen LogP contribution in [0.3, 0.4) is 0 Å². The number of hydrogen-bond donors (Lipinski definition) is 3. The van der Waals surface area contributed by atoms with Gasteiger partial charge in [-0.25, -0.2) is 9.37 Å². The van der Waals surface area contributed by atoms with Crippen molar-refractivity contribution in [1.29, 1.82) is 0 Å². The minimum atomic E-state index is -0.463. The molecule has 0 bridgehead atoms. The van der Waals surface area contributed by atoms with Gasteiger partial charge in [-0.3, -0.25) is 4.99 Å². The van der Waals surface area contributed by atoms with Crippen LogP contribution in [0.25, 0.3) is 10.2 Å². The average Bonchev–Trinajstić information content (AvgIpc) is 3.20. The Morgan fingerprint density at radius 2 is 2.20 bits per heavy atom. The van der Waals surface area contributed by atoms with E-state index in [4.69, 9.17) is 10.5 Å². The Kier molecular flexibility index (Phi) is 8.54. The van der Waals surface area contributed by atoms with Crippen LogP contribution >= 0.6 is 11.3 Å². The number of anilines is 2. The van der Waals surface area contributed by atoms with Gasteiger partial charge >= 0.3 is 0 Å². The van der Waals surface area contributed by atoms with Gasteiger partial charge in [0.15, 0.2) is 0 Å². The molecule has 1 atom stereocenters. The van der Waals surface area contributed by atoms with Crippen LogP contribution in [0.15, 0.2) is 64.6 Å². The van der Waals surface area contributed by atoms with E-state index in [1.54, 1.807) is 13.1 Å². The normalized spacial score (nSPS) is 14.6. The van der Waals surface area contributed by atoms with E-state index in [1.807, 2.05) is 32.2 Å². The second-order valence-corrected chi connectivity index (χ2v) is 7.14. The number of halogens is 1. The average molecular weight is 431 g/mol. The predicted octanol–water partition coefficient (Wildman–Crippen LogP) is 4.75. The lowest BCUT2D eigenvalue weighted by Gasteiger charge is -2.15. The summed E-state index contributed by atoms with van der Waals surface area (Å²) in [5.74, 6) is 1.89. The molecule has 0 aliphatic heterocycles. The summed E-state index contributed by atoms with van der Waals surface area (Å²) in [4.78, 5) is 14.2. The molecular formula is C21H27FN6OS. The Morgan fingerprint density at radius 3 is 2.87 bits per heavy atom. The first-order valence-corrected chi connectivity index (χ1v) is 10.3. The quantitative estimate of drug-likeness (QED) is 0.230. The van der Waals surface area contributed by atoms with Gasteiger partial charge in [-0.15, -0.1) is 11.3 Å². The fourth-order valence-electron chi connectivity index (χ4n) is 2.42. The highest BCUT2D eigenvalue weighted by Crippen LogP contribution is 2.27. The second kappa shape index (κ2) is 11.1. The highest BCUT2D eigenvalue weighted by atomic mass is 32.1. The molecule has 2 aromatic rings. The minimum Gasteiger partial charge on any atom is -0.498 e. The maximum Gasteiger partial charge on any atom is 0.226 e. The summed E-state index contributed by atoms with van der Waals surface area (Å²) < 4.78 is 18.7. The summed E-state index contributed by atoms with van der Waals surface area (Å²) in [6, 6.07) is 1.63. The van der Waals surface area contributed by atoms with Crippen molar-refractivity contribution in [2.75, 3.05) is 24.3 Å². The number of ether oxygens (including phenoxy) is 1. The number of fused-ring (bicyclic) bond motifs is 1. The minimum absolute atomic E-state index is 0.316. The van der Waals surface area contributed by atoms with Crippen LogP contribution in [0.2, 0.25) is 0 Å². The SMILES string of the molecule is C=C/C(F)=C\C=C(/N)[C@H](C)Nc1nc(NC(/C=C(\C)OCC)=N/C)c2ccsc2n1. The molecule has 160 valence electrons. The van der Waals surface area contributed by atoms with Crippen molar-refractivity contribution >= 4 is 39.2 Å². The van der Waals surface area contributed by atoms with E-state index < -0.39 is 5.83 Å². The van der Waals surface area contributed by atoms with Crippen molar-refractivity contribution in [3.05, 3.63) is 59.6 Å². The van der Waals surface area contributed by atoms with Gasteiger partial charge in [-0.2, -0.15) is 4.98 Å². The third-order valence-electron chi connectivity index (χ3n) is 4.00. The van der Waals surface area contributed by atoms with Crippen LogP contribution in [0.1, 0.15) is 20.8 Å². The van der Waals surface area contributed by atoms with Gasteiger partial charge in [0.2, 0.25) is 5.95 Å². The van der Waals surface area contributed by atoms with Crippen molar-refractivity contribution < 1.29 is 9.13 Å². The molecule has 0 radical (unpaired) electrons. The van der Waals surface area contributed by atoms with E-state index in [0.29, 0.717) is 29.9 Å².